The minimum atomic E-state index is -0.113. The van der Waals surface area contributed by atoms with Gasteiger partial charge in [-0.25, -0.2) is 4.98 Å². The van der Waals surface area contributed by atoms with Crippen LogP contribution in [0.2, 0.25) is 5.02 Å². The highest BCUT2D eigenvalue weighted by Crippen LogP contribution is 2.23. The van der Waals surface area contributed by atoms with E-state index >= 15 is 0 Å². The summed E-state index contributed by atoms with van der Waals surface area (Å²) in [5, 5.41) is 1.60. The van der Waals surface area contributed by atoms with Gasteiger partial charge in [0.05, 0.1) is 16.7 Å². The maximum absolute atomic E-state index is 13.1. The topological polar surface area (TPSA) is 55.2 Å². The van der Waals surface area contributed by atoms with Crippen LogP contribution in [-0.2, 0) is 24.3 Å². The quantitative estimate of drug-likeness (QED) is 0.435. The number of thioether (sulfide) groups is 1. The molecule has 0 radical (unpaired) electrons. The molecule has 1 aliphatic heterocycles. The Hall–Kier alpha value is -2.31. The normalized spacial score (nSPS) is 13.7. The molecule has 156 valence electrons. The molecule has 1 aromatic heterocycles. The molecular formula is C23H24ClN3O2S. The molecule has 0 saturated heterocycles. The van der Waals surface area contributed by atoms with Crippen LogP contribution in [0.1, 0.15) is 25.0 Å². The summed E-state index contributed by atoms with van der Waals surface area (Å²) in [7, 11) is 0. The van der Waals surface area contributed by atoms with Gasteiger partial charge in [-0.1, -0.05) is 61.5 Å². The van der Waals surface area contributed by atoms with E-state index in [0.717, 1.165) is 13.0 Å². The van der Waals surface area contributed by atoms with E-state index in [-0.39, 0.29) is 23.1 Å². The largest absolute Gasteiger partial charge is 0.337 e. The number of carbonyl (C=O) groups is 1. The van der Waals surface area contributed by atoms with Crippen molar-refractivity contribution in [1.29, 1.82) is 0 Å². The van der Waals surface area contributed by atoms with Crippen LogP contribution < -0.4 is 5.56 Å². The van der Waals surface area contributed by atoms with Gasteiger partial charge in [-0.15, -0.1) is 0 Å². The van der Waals surface area contributed by atoms with Crippen molar-refractivity contribution >= 4 is 40.2 Å². The Bertz CT molecular complexity index is 1160. The lowest BCUT2D eigenvalue weighted by Gasteiger charge is -2.28. The predicted molar refractivity (Wildman–Crippen MR) is 122 cm³/mol. The summed E-state index contributed by atoms with van der Waals surface area (Å²) in [6, 6.07) is 13.4. The van der Waals surface area contributed by atoms with Crippen LogP contribution in [0.15, 0.2) is 52.4 Å². The fourth-order valence-corrected chi connectivity index (χ4v) is 4.82. The van der Waals surface area contributed by atoms with Crippen molar-refractivity contribution in [2.45, 2.75) is 38.5 Å². The molecule has 2 heterocycles. The molecular weight excluding hydrogens is 418 g/mol. The first-order valence-electron chi connectivity index (χ1n) is 10.1. The number of benzene rings is 2. The van der Waals surface area contributed by atoms with Crippen LogP contribution in [0.4, 0.5) is 0 Å². The molecule has 7 heteroatoms. The molecule has 0 saturated carbocycles. The summed E-state index contributed by atoms with van der Waals surface area (Å²) in [6.45, 7) is 6.01. The Balaban J connectivity index is 1.56. The van der Waals surface area contributed by atoms with Crippen LogP contribution in [0.5, 0.6) is 0 Å². The van der Waals surface area contributed by atoms with Crippen LogP contribution in [-0.4, -0.2) is 32.7 Å². The number of aromatic nitrogens is 2. The van der Waals surface area contributed by atoms with E-state index < -0.39 is 0 Å². The van der Waals surface area contributed by atoms with Gasteiger partial charge in [0.15, 0.2) is 5.16 Å². The van der Waals surface area contributed by atoms with E-state index in [4.69, 9.17) is 11.6 Å². The number of nitrogens with zero attached hydrogens (tertiary/aromatic N) is 3. The minimum absolute atomic E-state index is 0.0658. The number of rotatable bonds is 5. The molecule has 1 amide bonds. The van der Waals surface area contributed by atoms with Crippen molar-refractivity contribution in [3.8, 4) is 0 Å². The highest BCUT2D eigenvalue weighted by atomic mass is 35.5. The lowest BCUT2D eigenvalue weighted by atomic mass is 10.00. The summed E-state index contributed by atoms with van der Waals surface area (Å²) in [5.74, 6) is 0.594. The Kier molecular flexibility index (Phi) is 6.16. The molecule has 5 nitrogen and oxygen atoms in total. The average Bonchev–Trinajstić information content (AvgIpc) is 2.74. The van der Waals surface area contributed by atoms with Gasteiger partial charge in [0.2, 0.25) is 5.91 Å². The van der Waals surface area contributed by atoms with E-state index in [0.29, 0.717) is 34.2 Å². The second-order valence-corrected chi connectivity index (χ2v) is 9.37. The molecule has 2 aromatic carbocycles. The maximum Gasteiger partial charge on any atom is 0.262 e. The Morgan fingerprint density at radius 3 is 2.73 bits per heavy atom. The third-order valence-corrected chi connectivity index (χ3v) is 6.43. The van der Waals surface area contributed by atoms with E-state index in [1.165, 1.54) is 22.9 Å². The van der Waals surface area contributed by atoms with Gasteiger partial charge in [0.25, 0.3) is 5.56 Å². The van der Waals surface area contributed by atoms with E-state index in [9.17, 15) is 9.59 Å². The molecule has 0 N–H and O–H groups in total. The van der Waals surface area contributed by atoms with Gasteiger partial charge < -0.3 is 4.90 Å². The zero-order valence-corrected chi connectivity index (χ0v) is 18.7. The fraction of sp³-hybridized carbons (Fsp3) is 0.348. The number of fused-ring (bicyclic) bond motifs is 2. The SMILES string of the molecule is CC(C)Cn1c(SCC(=O)N2CCc3ccccc3C2)nc2ccc(Cl)cc2c1=O. The first-order chi connectivity index (χ1) is 14.4. The van der Waals surface area contributed by atoms with E-state index in [1.807, 2.05) is 17.0 Å². The molecule has 0 bridgehead atoms. The lowest BCUT2D eigenvalue weighted by Crippen LogP contribution is -2.37. The monoisotopic (exact) mass is 441 g/mol. The third-order valence-electron chi connectivity index (χ3n) is 5.24. The van der Waals surface area contributed by atoms with Gasteiger partial charge in [-0.2, -0.15) is 0 Å². The van der Waals surface area contributed by atoms with Gasteiger partial charge in [0.1, 0.15) is 0 Å². The lowest BCUT2D eigenvalue weighted by molar-refractivity contribution is -0.129. The Morgan fingerprint density at radius 1 is 1.20 bits per heavy atom. The van der Waals surface area contributed by atoms with Gasteiger partial charge in [-0.05, 0) is 41.7 Å². The van der Waals surface area contributed by atoms with Crippen molar-refractivity contribution < 1.29 is 4.79 Å². The zero-order valence-electron chi connectivity index (χ0n) is 17.1. The van der Waals surface area contributed by atoms with Gasteiger partial charge >= 0.3 is 0 Å². The summed E-state index contributed by atoms with van der Waals surface area (Å²) in [4.78, 5) is 32.5. The summed E-state index contributed by atoms with van der Waals surface area (Å²) in [6.07, 6.45) is 0.875. The molecule has 3 aromatic rings. The third kappa shape index (κ3) is 4.40. The average molecular weight is 442 g/mol. The van der Waals surface area contributed by atoms with Crippen molar-refractivity contribution in [2.24, 2.45) is 5.92 Å². The number of hydrogen-bond donors (Lipinski definition) is 0. The molecule has 0 fully saturated rings. The van der Waals surface area contributed by atoms with Crippen LogP contribution in [0.25, 0.3) is 10.9 Å². The standard InChI is InChI=1S/C23H24ClN3O2S/c1-15(2)12-27-22(29)19-11-18(24)7-8-20(19)25-23(27)30-14-21(28)26-10-9-16-5-3-4-6-17(16)13-26/h3-8,11,15H,9-10,12-14H2,1-2H3. The van der Waals surface area contributed by atoms with E-state index in [2.05, 4.69) is 31.0 Å². The minimum Gasteiger partial charge on any atom is -0.337 e. The smallest absolute Gasteiger partial charge is 0.262 e. The molecule has 0 aliphatic carbocycles. The molecule has 4 rings (SSSR count). The van der Waals surface area contributed by atoms with Crippen LogP contribution >= 0.6 is 23.4 Å². The van der Waals surface area contributed by atoms with Crippen molar-refractivity contribution in [3.63, 3.8) is 0 Å². The summed E-state index contributed by atoms with van der Waals surface area (Å²) >= 11 is 7.41. The predicted octanol–water partition coefficient (Wildman–Crippen LogP) is 4.38. The Labute approximate surface area is 185 Å². The first kappa shape index (κ1) is 20.9. The van der Waals surface area contributed by atoms with Crippen molar-refractivity contribution in [1.82, 2.24) is 14.5 Å². The van der Waals surface area contributed by atoms with Gasteiger partial charge in [0, 0.05) is 24.7 Å². The second-order valence-electron chi connectivity index (χ2n) is 7.99. The number of hydrogen-bond acceptors (Lipinski definition) is 4. The molecule has 0 atom stereocenters. The molecule has 0 spiro atoms. The zero-order chi connectivity index (χ0) is 21.3. The van der Waals surface area contributed by atoms with Crippen LogP contribution in [0.3, 0.4) is 0 Å². The number of carbonyl (C=O) groups excluding carboxylic acids is 1. The second kappa shape index (κ2) is 8.82. The maximum atomic E-state index is 13.1. The summed E-state index contributed by atoms with van der Waals surface area (Å²) in [5.41, 5.74) is 3.01. The van der Waals surface area contributed by atoms with Crippen LogP contribution in [0, 0.1) is 5.92 Å². The van der Waals surface area contributed by atoms with Gasteiger partial charge in [-0.3, -0.25) is 14.2 Å². The molecule has 0 unspecified atom stereocenters. The first-order valence-corrected chi connectivity index (χ1v) is 11.5. The van der Waals surface area contributed by atoms with E-state index in [1.54, 1.807) is 22.8 Å². The van der Waals surface area contributed by atoms with Crippen molar-refractivity contribution in [2.75, 3.05) is 12.3 Å². The summed E-state index contributed by atoms with van der Waals surface area (Å²) < 4.78 is 1.67. The van der Waals surface area contributed by atoms with Crippen molar-refractivity contribution in [3.05, 3.63) is 69.0 Å². The highest BCUT2D eigenvalue weighted by molar-refractivity contribution is 7.99. The molecule has 30 heavy (non-hydrogen) atoms. The molecule has 1 aliphatic rings. The Morgan fingerprint density at radius 2 is 1.97 bits per heavy atom. The fourth-order valence-electron chi connectivity index (χ4n) is 3.74. The number of amides is 1. The highest BCUT2D eigenvalue weighted by Gasteiger charge is 2.21. The number of halogens is 1.